The zero-order valence-electron chi connectivity index (χ0n) is 32.7. The predicted molar refractivity (Wildman–Crippen MR) is 210 cm³/mol. The van der Waals surface area contributed by atoms with Crippen LogP contribution in [-0.4, -0.2) is 66.4 Å². The maximum absolute atomic E-state index is 11.2. The molecule has 0 atom stereocenters. The predicted octanol–water partition coefficient (Wildman–Crippen LogP) is 5.61. The van der Waals surface area contributed by atoms with E-state index in [1.807, 2.05) is 24.3 Å². The van der Waals surface area contributed by atoms with E-state index in [0.717, 1.165) is 44.5 Å². The Bertz CT molecular complexity index is 1690. The lowest BCUT2D eigenvalue weighted by atomic mass is 9.92. The van der Waals surface area contributed by atoms with Crippen LogP contribution < -0.4 is 49.7 Å². The molecule has 0 bridgehead atoms. The third-order valence-electron chi connectivity index (χ3n) is 9.09. The summed E-state index contributed by atoms with van der Waals surface area (Å²) >= 11 is 0. The molecule has 0 spiro atoms. The molecule has 4 rings (SSSR count). The monoisotopic (exact) mass is 742 g/mol. The average Bonchev–Trinajstić information content (AvgIpc) is 3.16. The van der Waals surface area contributed by atoms with Gasteiger partial charge in [0.05, 0.1) is 39.6 Å². The molecule has 0 saturated carbocycles. The number of carbonyl (C=O) groups is 2. The quantitative estimate of drug-likeness (QED) is 0.0798. The van der Waals surface area contributed by atoms with Crippen LogP contribution in [0, 0.1) is 13.8 Å². The van der Waals surface area contributed by atoms with E-state index in [4.69, 9.17) is 28.4 Å². The van der Waals surface area contributed by atoms with Gasteiger partial charge in [0.2, 0.25) is 11.8 Å². The molecule has 12 heteroatoms. The Morgan fingerprint density at radius 1 is 0.537 bits per heavy atom. The van der Waals surface area contributed by atoms with Crippen LogP contribution in [0.1, 0.15) is 47.2 Å². The van der Waals surface area contributed by atoms with Crippen LogP contribution in [0.2, 0.25) is 0 Å². The third-order valence-corrected chi connectivity index (χ3v) is 9.09. The van der Waals surface area contributed by atoms with Crippen LogP contribution >= 0.6 is 0 Å². The summed E-state index contributed by atoms with van der Waals surface area (Å²) in [4.78, 5) is 22.3. The third kappa shape index (κ3) is 11.3. The van der Waals surface area contributed by atoms with Crippen molar-refractivity contribution in [1.82, 2.24) is 21.3 Å². The average molecular weight is 743 g/mol. The van der Waals surface area contributed by atoms with Crippen LogP contribution in [-0.2, 0) is 35.9 Å². The molecule has 0 aliphatic heterocycles. The summed E-state index contributed by atoms with van der Waals surface area (Å²) in [5.74, 6) is 3.73. The van der Waals surface area contributed by atoms with Gasteiger partial charge in [-0.3, -0.25) is 9.59 Å². The molecule has 0 fully saturated rings. The number of carbonyl (C=O) groups excluding carboxylic acids is 2. The Morgan fingerprint density at radius 2 is 0.889 bits per heavy atom. The van der Waals surface area contributed by atoms with Crippen LogP contribution in [0.4, 0.5) is 0 Å². The van der Waals surface area contributed by atoms with Crippen LogP contribution in [0.25, 0.3) is 11.1 Å². The topological polar surface area (TPSA) is 138 Å². The van der Waals surface area contributed by atoms with E-state index < -0.39 is 0 Å². The van der Waals surface area contributed by atoms with Gasteiger partial charge in [-0.1, -0.05) is 36.4 Å². The van der Waals surface area contributed by atoms with Crippen molar-refractivity contribution in [3.05, 3.63) is 94.0 Å². The van der Waals surface area contributed by atoms with E-state index in [1.165, 1.54) is 13.8 Å². The minimum absolute atomic E-state index is 0.0627. The number of amides is 2. The standard InChI is InChI=1S/C42H54N4O8/c1-27-31(25-53-33-19-39(49-5)37(40(20-33)50-6)23-43-15-17-45-29(3)47)11-9-13-35(27)36-14-10-12-32(28(36)2)26-54-34-21-41(51-7)38(42(22-34)52-8)24-44-16-18-46-30(4)48/h9-14,19-22,43-44H,15-18,23-26H2,1-8H3,(H,45,47)(H,46,48). The number of hydrogen-bond acceptors (Lipinski definition) is 10. The maximum atomic E-state index is 11.2. The first-order valence-electron chi connectivity index (χ1n) is 17.9. The molecule has 0 aromatic heterocycles. The lowest BCUT2D eigenvalue weighted by Crippen LogP contribution is -2.30. The zero-order chi connectivity index (χ0) is 39.0. The molecule has 0 unspecified atom stereocenters. The molecule has 4 N–H and O–H groups in total. The Kier molecular flexibility index (Phi) is 15.8. The molecule has 4 aromatic carbocycles. The zero-order valence-corrected chi connectivity index (χ0v) is 32.7. The fourth-order valence-corrected chi connectivity index (χ4v) is 6.10. The van der Waals surface area contributed by atoms with Gasteiger partial charge in [0.1, 0.15) is 47.7 Å². The Labute approximate surface area is 318 Å². The van der Waals surface area contributed by atoms with Gasteiger partial charge in [-0.05, 0) is 47.2 Å². The molecule has 0 radical (unpaired) electrons. The first-order valence-corrected chi connectivity index (χ1v) is 17.9. The molecule has 4 aromatic rings. The van der Waals surface area contributed by atoms with Gasteiger partial charge in [-0.2, -0.15) is 0 Å². The fraction of sp³-hybridized carbons (Fsp3) is 0.381. The molecular formula is C42H54N4O8. The number of methoxy groups -OCH3 is 4. The molecule has 12 nitrogen and oxygen atoms in total. The Morgan fingerprint density at radius 3 is 1.20 bits per heavy atom. The second-order valence-electron chi connectivity index (χ2n) is 12.7. The number of hydrogen-bond donors (Lipinski definition) is 4. The molecular weight excluding hydrogens is 688 g/mol. The Balaban J connectivity index is 1.46. The highest BCUT2D eigenvalue weighted by Crippen LogP contribution is 2.37. The van der Waals surface area contributed by atoms with Gasteiger partial charge >= 0.3 is 0 Å². The summed E-state index contributed by atoms with van der Waals surface area (Å²) in [7, 11) is 6.49. The van der Waals surface area contributed by atoms with Gasteiger partial charge < -0.3 is 49.7 Å². The van der Waals surface area contributed by atoms with Gasteiger partial charge in [0.25, 0.3) is 0 Å². The summed E-state index contributed by atoms with van der Waals surface area (Å²) in [5.41, 5.74) is 8.31. The molecule has 2 amide bonds. The molecule has 290 valence electrons. The Hall–Kier alpha value is -5.46. The normalized spacial score (nSPS) is 10.7. The summed E-state index contributed by atoms with van der Waals surface area (Å²) in [6.45, 7) is 11.2. The van der Waals surface area contributed by atoms with Crippen LogP contribution in [0.15, 0.2) is 60.7 Å². The van der Waals surface area contributed by atoms with E-state index in [0.29, 0.717) is 87.0 Å². The van der Waals surface area contributed by atoms with Gasteiger partial charge in [0.15, 0.2) is 0 Å². The minimum atomic E-state index is -0.0627. The minimum Gasteiger partial charge on any atom is -0.496 e. The van der Waals surface area contributed by atoms with Crippen molar-refractivity contribution in [2.75, 3.05) is 54.6 Å². The van der Waals surface area contributed by atoms with E-state index in [1.54, 1.807) is 28.4 Å². The summed E-state index contributed by atoms with van der Waals surface area (Å²) < 4.78 is 35.4. The lowest BCUT2D eigenvalue weighted by Gasteiger charge is -2.19. The van der Waals surface area contributed by atoms with Gasteiger partial charge in [-0.25, -0.2) is 0 Å². The number of benzene rings is 4. The first-order chi connectivity index (χ1) is 26.1. The summed E-state index contributed by atoms with van der Waals surface area (Å²) in [6, 6.07) is 20.0. The second-order valence-corrected chi connectivity index (χ2v) is 12.7. The number of rotatable bonds is 21. The van der Waals surface area contributed by atoms with Crippen LogP contribution in [0.5, 0.6) is 34.5 Å². The molecule has 0 saturated heterocycles. The highest BCUT2D eigenvalue weighted by Gasteiger charge is 2.17. The SMILES string of the molecule is COc1cc(OCc2cccc(-c3cccc(COc4cc(OC)c(CNCCNC(C)=O)c(OC)c4)c3C)c2C)cc(OC)c1CNCCNC(C)=O. The molecule has 0 heterocycles. The van der Waals surface area contributed by atoms with E-state index >= 15 is 0 Å². The van der Waals surface area contributed by atoms with Crippen LogP contribution in [0.3, 0.4) is 0 Å². The highest BCUT2D eigenvalue weighted by atomic mass is 16.5. The molecule has 0 aliphatic carbocycles. The highest BCUT2D eigenvalue weighted by molar-refractivity contribution is 5.73. The van der Waals surface area contributed by atoms with E-state index in [9.17, 15) is 9.59 Å². The second kappa shape index (κ2) is 20.7. The van der Waals surface area contributed by atoms with Crippen molar-refractivity contribution in [2.24, 2.45) is 0 Å². The maximum Gasteiger partial charge on any atom is 0.216 e. The van der Waals surface area contributed by atoms with E-state index in [2.05, 4.69) is 71.5 Å². The van der Waals surface area contributed by atoms with Gasteiger partial charge in [-0.15, -0.1) is 0 Å². The molecule has 54 heavy (non-hydrogen) atoms. The largest absolute Gasteiger partial charge is 0.496 e. The van der Waals surface area contributed by atoms with Crippen molar-refractivity contribution in [3.63, 3.8) is 0 Å². The summed E-state index contributed by atoms with van der Waals surface area (Å²) in [5, 5.41) is 12.2. The van der Waals surface area contributed by atoms with Crippen molar-refractivity contribution in [3.8, 4) is 45.6 Å². The smallest absolute Gasteiger partial charge is 0.216 e. The number of nitrogens with one attached hydrogen (secondary N) is 4. The number of ether oxygens (including phenoxy) is 6. The van der Waals surface area contributed by atoms with Crippen molar-refractivity contribution in [1.29, 1.82) is 0 Å². The van der Waals surface area contributed by atoms with Gasteiger partial charge in [0, 0.05) is 77.4 Å². The summed E-state index contributed by atoms with van der Waals surface area (Å²) in [6.07, 6.45) is 0. The lowest BCUT2D eigenvalue weighted by molar-refractivity contribution is -0.119. The van der Waals surface area contributed by atoms with Crippen molar-refractivity contribution in [2.45, 2.75) is 54.0 Å². The van der Waals surface area contributed by atoms with E-state index in [-0.39, 0.29) is 11.8 Å². The fourth-order valence-electron chi connectivity index (χ4n) is 6.10. The van der Waals surface area contributed by atoms with Crippen molar-refractivity contribution < 1.29 is 38.0 Å². The first kappa shape index (κ1) is 41.3. The molecule has 0 aliphatic rings. The van der Waals surface area contributed by atoms with Crippen molar-refractivity contribution >= 4 is 11.8 Å².